The van der Waals surface area contributed by atoms with Gasteiger partial charge in [0.25, 0.3) is 11.8 Å². The lowest BCUT2D eigenvalue weighted by Gasteiger charge is -2.19. The normalized spacial score (nSPS) is 18.2. The molecule has 45 heavy (non-hydrogen) atoms. The van der Waals surface area contributed by atoms with E-state index in [1.54, 1.807) is 0 Å². The Morgan fingerprint density at radius 2 is 1.84 bits per heavy atom. The molecule has 11 nitrogen and oxygen atoms in total. The van der Waals surface area contributed by atoms with Gasteiger partial charge in [0.15, 0.2) is 5.71 Å². The van der Waals surface area contributed by atoms with E-state index < -0.39 is 33.7 Å². The first-order valence-corrected chi connectivity index (χ1v) is 17.3. The average Bonchev–Trinajstić information content (AvgIpc) is 3.59. The van der Waals surface area contributed by atoms with Crippen molar-refractivity contribution >= 4 is 57.1 Å². The number of aromatic nitrogens is 1. The third-order valence-corrected chi connectivity index (χ3v) is 9.91. The van der Waals surface area contributed by atoms with Crippen molar-refractivity contribution in [1.29, 1.82) is 0 Å². The number of aryl methyl sites for hydroxylation is 1. The molecule has 0 bridgehead atoms. The number of carbonyl (C=O) groups is 3. The van der Waals surface area contributed by atoms with Crippen molar-refractivity contribution in [2.45, 2.75) is 75.6 Å². The van der Waals surface area contributed by atoms with Gasteiger partial charge in [-0.3, -0.25) is 9.59 Å². The van der Waals surface area contributed by atoms with Gasteiger partial charge < -0.3 is 13.7 Å². The predicted molar refractivity (Wildman–Crippen MR) is 168 cm³/mol. The predicted octanol–water partition coefficient (Wildman–Crippen LogP) is 4.36. The third kappa shape index (κ3) is 7.71. The fourth-order valence-electron chi connectivity index (χ4n) is 5.52. The Balaban J connectivity index is 1.21. The number of imide groups is 1. The Morgan fingerprint density at radius 1 is 1.09 bits per heavy atom. The van der Waals surface area contributed by atoms with E-state index in [-0.39, 0.29) is 31.1 Å². The van der Waals surface area contributed by atoms with E-state index in [4.69, 9.17) is 9.83 Å². The molecule has 0 unspecified atom stereocenters. The highest BCUT2D eigenvalue weighted by molar-refractivity contribution is 7.97. The lowest BCUT2D eigenvalue weighted by atomic mass is 9.82. The number of aliphatic imine (C=N–C) groups is 1. The molecule has 0 atom stereocenters. The molecule has 1 saturated heterocycles. The van der Waals surface area contributed by atoms with E-state index >= 15 is 0 Å². The van der Waals surface area contributed by atoms with Gasteiger partial charge in [0.2, 0.25) is 0 Å². The van der Waals surface area contributed by atoms with E-state index in [1.165, 1.54) is 11.9 Å². The standard InChI is InChI=1S/C32H36N4O7S2/c1-32(2)24-12-9-20-34(19-7-3-4-16-30(39)43-36-28(37)17-18-29(36)38)31(24)33-27(32)15-8-13-25-23-11-5-6-14-26(23)44-35(25)21-10-22-45(40,41)42/h5-6,8-9,11-15,20H,3-4,7,10,16-19,21-22H2,1-2H3. The largest absolute Gasteiger partial charge is 0.748 e. The summed E-state index contributed by atoms with van der Waals surface area (Å²) in [6, 6.07) is 12.1. The van der Waals surface area contributed by atoms with Crippen LogP contribution in [0.3, 0.4) is 0 Å². The zero-order valence-electron chi connectivity index (χ0n) is 25.3. The number of amides is 2. The minimum atomic E-state index is -4.27. The van der Waals surface area contributed by atoms with Crippen molar-refractivity contribution in [3.63, 3.8) is 0 Å². The van der Waals surface area contributed by atoms with Gasteiger partial charge in [-0.2, -0.15) is 0 Å². The summed E-state index contributed by atoms with van der Waals surface area (Å²) in [5.41, 5.74) is 3.69. The summed E-state index contributed by atoms with van der Waals surface area (Å²) >= 11 is 1.53. The number of allylic oxidation sites excluding steroid dienone is 3. The first-order chi connectivity index (χ1) is 21.4. The van der Waals surface area contributed by atoms with Gasteiger partial charge >= 0.3 is 11.8 Å². The summed E-state index contributed by atoms with van der Waals surface area (Å²) in [7, 11) is -4.27. The summed E-state index contributed by atoms with van der Waals surface area (Å²) in [4.78, 5) is 46.4. The molecule has 4 heterocycles. The minimum absolute atomic E-state index is 0.0752. The van der Waals surface area contributed by atoms with Crippen LogP contribution in [-0.4, -0.2) is 58.1 Å². The van der Waals surface area contributed by atoms with E-state index in [1.807, 2.05) is 59.1 Å². The molecule has 0 radical (unpaired) electrons. The summed E-state index contributed by atoms with van der Waals surface area (Å²) in [6.45, 7) is 5.41. The maximum atomic E-state index is 12.1. The van der Waals surface area contributed by atoms with Crippen LogP contribution in [0.15, 0.2) is 70.7 Å². The van der Waals surface area contributed by atoms with Gasteiger partial charge in [-0.05, 0) is 86.8 Å². The van der Waals surface area contributed by atoms with Crippen molar-refractivity contribution in [1.82, 2.24) is 9.37 Å². The second kappa shape index (κ2) is 13.7. The van der Waals surface area contributed by atoms with Crippen LogP contribution >= 0.6 is 11.9 Å². The van der Waals surface area contributed by atoms with E-state index in [0.717, 1.165) is 46.1 Å². The van der Waals surface area contributed by atoms with Crippen LogP contribution in [0.4, 0.5) is 5.82 Å². The number of carbonyl (C=O) groups excluding carboxylic acids is 3. The number of nitrogens with zero attached hydrogens (tertiary/aromatic N) is 4. The van der Waals surface area contributed by atoms with Crippen molar-refractivity contribution in [2.75, 3.05) is 12.3 Å². The summed E-state index contributed by atoms with van der Waals surface area (Å²) in [5, 5.41) is 0.584. The van der Waals surface area contributed by atoms with Crippen LogP contribution in [0.5, 0.6) is 0 Å². The highest BCUT2D eigenvalue weighted by atomic mass is 32.2. The SMILES string of the molecule is CC1(C)C(/C=C/C=C2\c3ccccc3SN2CCCS(=O)(=O)[O-])=Nc2c1ccc[n+]2CCCCCC(=O)ON1C(=O)CCC1=O. The molecule has 1 fully saturated rings. The number of rotatable bonds is 13. The minimum Gasteiger partial charge on any atom is -0.748 e. The smallest absolute Gasteiger partial charge is 0.333 e. The molecule has 1 aromatic carbocycles. The van der Waals surface area contributed by atoms with Gasteiger partial charge in [-0.1, -0.05) is 24.3 Å². The number of pyridine rings is 1. The number of benzene rings is 1. The second-order valence-corrected chi connectivity index (χ2v) is 14.2. The summed E-state index contributed by atoms with van der Waals surface area (Å²) in [6.07, 6.45) is 10.6. The Hall–Kier alpha value is -3.81. The third-order valence-electron chi connectivity index (χ3n) is 7.96. The summed E-state index contributed by atoms with van der Waals surface area (Å²) in [5.74, 6) is -1.05. The number of fused-ring (bicyclic) bond motifs is 2. The molecule has 3 aliphatic heterocycles. The van der Waals surface area contributed by atoms with Gasteiger partial charge in [-0.15, -0.1) is 5.06 Å². The lowest BCUT2D eigenvalue weighted by Crippen LogP contribution is -2.35. The fourth-order valence-corrected chi connectivity index (χ4v) is 7.13. The van der Waals surface area contributed by atoms with Crippen molar-refractivity contribution in [3.8, 4) is 0 Å². The first kappa shape index (κ1) is 32.6. The maximum absolute atomic E-state index is 12.1. The molecule has 2 amide bonds. The maximum Gasteiger partial charge on any atom is 0.333 e. The molecule has 5 rings (SSSR count). The fraction of sp³-hybridized carbons (Fsp3) is 0.406. The Labute approximate surface area is 267 Å². The first-order valence-electron chi connectivity index (χ1n) is 15.0. The van der Waals surface area contributed by atoms with E-state index in [9.17, 15) is 27.4 Å². The number of hydrogen-bond acceptors (Lipinski definition) is 10. The van der Waals surface area contributed by atoms with Crippen molar-refractivity contribution < 1.29 is 36.8 Å². The van der Waals surface area contributed by atoms with Crippen LogP contribution in [0, 0.1) is 0 Å². The molecule has 0 N–H and O–H groups in total. The molecular weight excluding hydrogens is 617 g/mol. The highest BCUT2D eigenvalue weighted by Gasteiger charge is 2.42. The second-order valence-electron chi connectivity index (χ2n) is 11.6. The Bertz CT molecular complexity index is 1680. The van der Waals surface area contributed by atoms with Crippen LogP contribution in [-0.2, 0) is 41.3 Å². The molecule has 3 aliphatic rings. The molecule has 2 aromatic rings. The topological polar surface area (TPSA) is 140 Å². The zero-order valence-corrected chi connectivity index (χ0v) is 26.9. The lowest BCUT2D eigenvalue weighted by molar-refractivity contribution is -0.684. The van der Waals surface area contributed by atoms with E-state index in [0.29, 0.717) is 24.6 Å². The molecule has 1 aromatic heterocycles. The molecule has 0 spiro atoms. The van der Waals surface area contributed by atoms with Gasteiger partial charge in [-0.25, -0.2) is 17.8 Å². The van der Waals surface area contributed by atoms with Gasteiger partial charge in [0.05, 0.1) is 39.5 Å². The molecular formula is C32H36N4O7S2. The average molecular weight is 653 g/mol. The molecule has 238 valence electrons. The summed E-state index contributed by atoms with van der Waals surface area (Å²) < 4.78 is 37.5. The van der Waals surface area contributed by atoms with Crippen LogP contribution in [0.2, 0.25) is 0 Å². The quantitative estimate of drug-likeness (QED) is 0.101. The highest BCUT2D eigenvalue weighted by Crippen LogP contribution is 2.43. The van der Waals surface area contributed by atoms with Crippen molar-refractivity contribution in [3.05, 3.63) is 72.0 Å². The Kier molecular flexibility index (Phi) is 9.90. The molecule has 0 saturated carbocycles. The zero-order chi connectivity index (χ0) is 32.2. The van der Waals surface area contributed by atoms with E-state index in [2.05, 4.69) is 24.5 Å². The van der Waals surface area contributed by atoms with Crippen molar-refractivity contribution in [2.24, 2.45) is 4.99 Å². The number of hydroxylamine groups is 2. The van der Waals surface area contributed by atoms with Crippen LogP contribution in [0.25, 0.3) is 5.70 Å². The molecule has 13 heteroatoms. The monoisotopic (exact) mass is 652 g/mol. The number of unbranched alkanes of at least 4 members (excludes halogenated alkanes) is 2. The molecule has 0 aliphatic carbocycles. The Morgan fingerprint density at radius 3 is 2.60 bits per heavy atom. The van der Waals surface area contributed by atoms with Crippen LogP contribution in [0.1, 0.15) is 69.9 Å². The van der Waals surface area contributed by atoms with Crippen LogP contribution < -0.4 is 4.57 Å². The van der Waals surface area contributed by atoms with Gasteiger partial charge in [0, 0.05) is 42.0 Å². The number of hydrogen-bond donors (Lipinski definition) is 0. The van der Waals surface area contributed by atoms with Gasteiger partial charge in [0.1, 0.15) is 0 Å².